The molecule has 0 atom stereocenters. The number of thiophene rings is 1. The molecule has 1 amide bonds. The molecule has 0 unspecified atom stereocenters. The average molecular weight is 423 g/mol. The van der Waals surface area contributed by atoms with Crippen molar-refractivity contribution >= 4 is 28.4 Å². The zero-order chi connectivity index (χ0) is 21.1. The molecule has 0 radical (unpaired) electrons. The molecule has 4 aromatic rings. The van der Waals surface area contributed by atoms with Crippen molar-refractivity contribution in [3.63, 3.8) is 0 Å². The first-order chi connectivity index (χ1) is 14.6. The maximum atomic E-state index is 14.4. The molecule has 0 N–H and O–H groups in total. The van der Waals surface area contributed by atoms with Crippen molar-refractivity contribution < 1.29 is 9.18 Å². The maximum absolute atomic E-state index is 14.4. The molecule has 0 saturated heterocycles. The molecule has 7 heteroatoms. The Kier molecular flexibility index (Phi) is 5.90. The average Bonchev–Trinajstić information content (AvgIpc) is 3.33. The number of benzene rings is 1. The van der Waals surface area contributed by atoms with Gasteiger partial charge in [0.1, 0.15) is 17.2 Å². The smallest absolute Gasteiger partial charge is 0.264 e. The van der Waals surface area contributed by atoms with E-state index < -0.39 is 0 Å². The highest BCUT2D eigenvalue weighted by Gasteiger charge is 2.22. The summed E-state index contributed by atoms with van der Waals surface area (Å²) in [6.07, 6.45) is 2.66. The van der Waals surface area contributed by atoms with Gasteiger partial charge in [-0.25, -0.2) is 14.4 Å². The molecule has 0 spiro atoms. The number of halogens is 1. The second kappa shape index (κ2) is 8.75. The predicted octanol–water partition coefficient (Wildman–Crippen LogP) is 5.19. The zero-order valence-electron chi connectivity index (χ0n) is 17.0. The summed E-state index contributed by atoms with van der Waals surface area (Å²) in [6, 6.07) is 14.1. The topological polar surface area (TPSA) is 51.0 Å². The fourth-order valence-electron chi connectivity index (χ4n) is 3.49. The van der Waals surface area contributed by atoms with Crippen molar-refractivity contribution in [2.24, 2.45) is 0 Å². The molecule has 1 aromatic carbocycles. The molecule has 154 valence electrons. The lowest BCUT2D eigenvalue weighted by molar-refractivity contribution is 0.0727. The molecule has 0 aliphatic heterocycles. The van der Waals surface area contributed by atoms with Crippen LogP contribution in [0.3, 0.4) is 0 Å². The minimum atomic E-state index is -0.318. The van der Waals surface area contributed by atoms with Crippen molar-refractivity contribution in [1.29, 1.82) is 0 Å². The van der Waals surface area contributed by atoms with Gasteiger partial charge in [-0.2, -0.15) is 0 Å². The molecular weight excluding hydrogens is 399 g/mol. The van der Waals surface area contributed by atoms with Gasteiger partial charge in [0.2, 0.25) is 0 Å². The third-order valence-electron chi connectivity index (χ3n) is 4.92. The molecular formula is C23H23FN4OS. The van der Waals surface area contributed by atoms with Crippen LogP contribution in [0.4, 0.5) is 4.39 Å². The van der Waals surface area contributed by atoms with Crippen LogP contribution in [-0.4, -0.2) is 25.3 Å². The van der Waals surface area contributed by atoms with Crippen molar-refractivity contribution in [1.82, 2.24) is 19.4 Å². The number of carbonyl (C=O) groups excluding carboxylic acids is 1. The molecule has 0 aliphatic rings. The zero-order valence-corrected chi connectivity index (χ0v) is 17.8. The SMILES string of the molecule is CCCn1c(CN(Cc2ccccc2F)C(=O)c2ccc(C)s2)nc2cccnc21. The lowest BCUT2D eigenvalue weighted by Crippen LogP contribution is -2.31. The molecule has 0 fully saturated rings. The van der Waals surface area contributed by atoms with Crippen LogP contribution in [0.15, 0.2) is 54.7 Å². The molecule has 3 heterocycles. The van der Waals surface area contributed by atoms with Gasteiger partial charge in [-0.05, 0) is 43.7 Å². The maximum Gasteiger partial charge on any atom is 0.264 e. The molecule has 0 aliphatic carbocycles. The fraction of sp³-hybridized carbons (Fsp3) is 0.261. The number of imidazole rings is 1. The lowest BCUT2D eigenvalue weighted by atomic mass is 10.2. The minimum Gasteiger partial charge on any atom is -0.326 e. The fourth-order valence-corrected chi connectivity index (χ4v) is 4.33. The Morgan fingerprint density at radius 2 is 1.97 bits per heavy atom. The van der Waals surface area contributed by atoms with Gasteiger partial charge in [0, 0.05) is 29.7 Å². The number of fused-ring (bicyclic) bond motifs is 1. The van der Waals surface area contributed by atoms with E-state index in [1.807, 2.05) is 31.2 Å². The first-order valence-electron chi connectivity index (χ1n) is 9.96. The Balaban J connectivity index is 1.72. The van der Waals surface area contributed by atoms with Gasteiger partial charge in [0.15, 0.2) is 5.65 Å². The van der Waals surface area contributed by atoms with Gasteiger partial charge in [-0.15, -0.1) is 11.3 Å². The Bertz CT molecular complexity index is 1180. The summed E-state index contributed by atoms with van der Waals surface area (Å²) >= 11 is 1.44. The number of amides is 1. The van der Waals surface area contributed by atoms with Crippen LogP contribution in [0.2, 0.25) is 0 Å². The molecule has 0 bridgehead atoms. The Hall–Kier alpha value is -3.06. The highest BCUT2D eigenvalue weighted by Crippen LogP contribution is 2.22. The van der Waals surface area contributed by atoms with Crippen LogP contribution < -0.4 is 0 Å². The van der Waals surface area contributed by atoms with Gasteiger partial charge in [-0.1, -0.05) is 25.1 Å². The van der Waals surface area contributed by atoms with Crippen LogP contribution >= 0.6 is 11.3 Å². The van der Waals surface area contributed by atoms with Crippen molar-refractivity contribution in [3.8, 4) is 0 Å². The van der Waals surface area contributed by atoms with E-state index >= 15 is 0 Å². The van der Waals surface area contributed by atoms with E-state index in [4.69, 9.17) is 4.98 Å². The van der Waals surface area contributed by atoms with E-state index in [0.717, 1.165) is 34.8 Å². The molecule has 5 nitrogen and oxygen atoms in total. The van der Waals surface area contributed by atoms with E-state index in [-0.39, 0.29) is 24.8 Å². The quantitative estimate of drug-likeness (QED) is 0.412. The van der Waals surface area contributed by atoms with Gasteiger partial charge >= 0.3 is 0 Å². The summed E-state index contributed by atoms with van der Waals surface area (Å²) in [7, 11) is 0. The van der Waals surface area contributed by atoms with E-state index in [9.17, 15) is 9.18 Å². The number of nitrogens with zero attached hydrogens (tertiary/aromatic N) is 4. The van der Waals surface area contributed by atoms with Crippen molar-refractivity contribution in [3.05, 3.63) is 81.7 Å². The number of hydrogen-bond acceptors (Lipinski definition) is 4. The second-order valence-corrected chi connectivity index (χ2v) is 8.48. The number of pyridine rings is 1. The Morgan fingerprint density at radius 1 is 1.13 bits per heavy atom. The summed E-state index contributed by atoms with van der Waals surface area (Å²) in [6.45, 7) is 5.26. The summed E-state index contributed by atoms with van der Waals surface area (Å²) in [5.74, 6) is 0.310. The summed E-state index contributed by atoms with van der Waals surface area (Å²) in [5, 5.41) is 0. The monoisotopic (exact) mass is 422 g/mol. The Labute approximate surface area is 178 Å². The normalized spacial score (nSPS) is 11.2. The first-order valence-corrected chi connectivity index (χ1v) is 10.8. The van der Waals surface area contributed by atoms with Crippen molar-refractivity contribution in [2.75, 3.05) is 0 Å². The van der Waals surface area contributed by atoms with Crippen LogP contribution in [0, 0.1) is 12.7 Å². The molecule has 3 aromatic heterocycles. The number of rotatable bonds is 7. The number of carbonyl (C=O) groups is 1. The van der Waals surface area contributed by atoms with Crippen LogP contribution in [0.5, 0.6) is 0 Å². The van der Waals surface area contributed by atoms with Gasteiger partial charge < -0.3 is 9.47 Å². The highest BCUT2D eigenvalue weighted by molar-refractivity contribution is 7.13. The van der Waals surface area contributed by atoms with E-state index in [1.165, 1.54) is 17.4 Å². The second-order valence-electron chi connectivity index (χ2n) is 7.19. The van der Waals surface area contributed by atoms with E-state index in [0.29, 0.717) is 10.4 Å². The van der Waals surface area contributed by atoms with Crippen LogP contribution in [0.25, 0.3) is 11.2 Å². The van der Waals surface area contributed by atoms with Gasteiger partial charge in [0.25, 0.3) is 5.91 Å². The summed E-state index contributed by atoms with van der Waals surface area (Å²) in [4.78, 5) is 25.9. The number of hydrogen-bond donors (Lipinski definition) is 0. The van der Waals surface area contributed by atoms with Gasteiger partial charge in [-0.3, -0.25) is 4.79 Å². The third kappa shape index (κ3) is 4.11. The summed E-state index contributed by atoms with van der Waals surface area (Å²) < 4.78 is 16.4. The summed E-state index contributed by atoms with van der Waals surface area (Å²) in [5.41, 5.74) is 2.08. The largest absolute Gasteiger partial charge is 0.326 e. The molecule has 30 heavy (non-hydrogen) atoms. The third-order valence-corrected chi connectivity index (χ3v) is 5.91. The minimum absolute atomic E-state index is 0.126. The lowest BCUT2D eigenvalue weighted by Gasteiger charge is -2.23. The predicted molar refractivity (Wildman–Crippen MR) is 117 cm³/mol. The molecule has 0 saturated carbocycles. The van der Waals surface area contributed by atoms with Crippen LogP contribution in [-0.2, 0) is 19.6 Å². The first kappa shape index (κ1) is 20.2. The standard InChI is InChI=1S/C23H23FN4OS/c1-3-13-28-21(26-19-9-6-12-25-22(19)28)15-27(14-17-7-4-5-8-18(17)24)23(29)20-11-10-16(2)30-20/h4-12H,3,13-15H2,1-2H3. The van der Waals surface area contributed by atoms with Crippen LogP contribution in [0.1, 0.15) is 39.3 Å². The Morgan fingerprint density at radius 3 is 2.70 bits per heavy atom. The highest BCUT2D eigenvalue weighted by atomic mass is 32.1. The van der Waals surface area contributed by atoms with Gasteiger partial charge in [0.05, 0.1) is 11.4 Å². The number of aromatic nitrogens is 3. The van der Waals surface area contributed by atoms with Crippen molar-refractivity contribution in [2.45, 2.75) is 39.9 Å². The number of aryl methyl sites for hydroxylation is 2. The van der Waals surface area contributed by atoms with E-state index in [1.54, 1.807) is 29.3 Å². The van der Waals surface area contributed by atoms with E-state index in [2.05, 4.69) is 16.5 Å². The molecule has 4 rings (SSSR count).